The summed E-state index contributed by atoms with van der Waals surface area (Å²) in [5, 5.41) is 2.52. The quantitative estimate of drug-likeness (QED) is 0.587. The van der Waals surface area contributed by atoms with Crippen LogP contribution in [0.1, 0.15) is 43.0 Å². The Hall–Kier alpha value is -1.94. The van der Waals surface area contributed by atoms with Crippen LogP contribution >= 0.6 is 11.8 Å². The third-order valence-corrected chi connectivity index (χ3v) is 6.24. The first-order valence-corrected chi connectivity index (χ1v) is 10.7. The summed E-state index contributed by atoms with van der Waals surface area (Å²) >= 11 is 1.84. The monoisotopic (exact) mass is 365 g/mol. The molecule has 2 aromatic heterocycles. The van der Waals surface area contributed by atoms with E-state index < -0.39 is 0 Å². The number of fused-ring (bicyclic) bond motifs is 1. The van der Waals surface area contributed by atoms with Crippen molar-refractivity contribution in [2.24, 2.45) is 0 Å². The van der Waals surface area contributed by atoms with E-state index in [4.69, 9.17) is 0 Å². The molecule has 4 heteroatoms. The molecule has 0 spiro atoms. The summed E-state index contributed by atoms with van der Waals surface area (Å²) in [7, 11) is 0. The van der Waals surface area contributed by atoms with Crippen molar-refractivity contribution in [3.8, 4) is 0 Å². The van der Waals surface area contributed by atoms with Crippen LogP contribution in [0.5, 0.6) is 0 Å². The number of nitrogens with one attached hydrogen (secondary N) is 1. The number of hydrogen-bond acceptors (Lipinski definition) is 3. The van der Waals surface area contributed by atoms with Crippen LogP contribution in [0, 0.1) is 6.92 Å². The minimum absolute atomic E-state index is 0.897. The van der Waals surface area contributed by atoms with Crippen LogP contribution in [0.2, 0.25) is 0 Å². The molecule has 0 radical (unpaired) electrons. The molecular formula is C22H27N3S. The van der Waals surface area contributed by atoms with Gasteiger partial charge in [0.1, 0.15) is 0 Å². The summed E-state index contributed by atoms with van der Waals surface area (Å²) in [4.78, 5) is 10.7. The van der Waals surface area contributed by atoms with E-state index in [9.17, 15) is 0 Å². The highest BCUT2D eigenvalue weighted by Gasteiger charge is 2.14. The molecule has 1 N–H and O–H groups in total. The molecule has 0 atom stereocenters. The maximum atomic E-state index is 4.67. The number of benzene rings is 1. The van der Waals surface area contributed by atoms with Gasteiger partial charge in [-0.2, -0.15) is 0 Å². The minimum atomic E-state index is 0.897. The number of H-pyrrole nitrogens is 1. The van der Waals surface area contributed by atoms with Gasteiger partial charge < -0.3 is 9.88 Å². The molecule has 3 nitrogen and oxygen atoms in total. The Morgan fingerprint density at radius 2 is 1.96 bits per heavy atom. The number of aromatic amines is 1. The first-order chi connectivity index (χ1) is 12.7. The molecule has 3 aromatic rings. The SMILES string of the molecule is CCc1ccc2[nH]c(SCc3cc(N4CCCCC4)c(C)cn3)cc2c1. The molecule has 1 aliphatic heterocycles. The zero-order valence-corrected chi connectivity index (χ0v) is 16.5. The van der Waals surface area contributed by atoms with Crippen molar-refractivity contribution < 1.29 is 0 Å². The highest BCUT2D eigenvalue weighted by Crippen LogP contribution is 2.29. The second-order valence-corrected chi connectivity index (χ2v) is 8.22. The summed E-state index contributed by atoms with van der Waals surface area (Å²) in [6, 6.07) is 11.2. The normalized spacial score (nSPS) is 14.9. The molecule has 1 aromatic carbocycles. The van der Waals surface area contributed by atoms with E-state index in [1.54, 1.807) is 0 Å². The van der Waals surface area contributed by atoms with E-state index in [2.05, 4.69) is 59.0 Å². The number of pyridine rings is 1. The third kappa shape index (κ3) is 3.75. The number of hydrogen-bond donors (Lipinski definition) is 1. The molecule has 1 fully saturated rings. The zero-order valence-electron chi connectivity index (χ0n) is 15.7. The molecule has 0 amide bonds. The Kier molecular flexibility index (Phi) is 5.21. The van der Waals surface area contributed by atoms with Gasteiger partial charge in [0.05, 0.1) is 10.7 Å². The lowest BCUT2D eigenvalue weighted by molar-refractivity contribution is 0.576. The summed E-state index contributed by atoms with van der Waals surface area (Å²) in [6.07, 6.45) is 7.10. The fourth-order valence-electron chi connectivity index (χ4n) is 3.71. The molecule has 26 heavy (non-hydrogen) atoms. The van der Waals surface area contributed by atoms with Crippen LogP contribution in [-0.2, 0) is 12.2 Å². The number of anilines is 1. The Labute approximate surface area is 160 Å². The smallest absolute Gasteiger partial charge is 0.0736 e. The molecule has 4 rings (SSSR count). The summed E-state index contributed by atoms with van der Waals surface area (Å²) in [6.45, 7) is 6.74. The highest BCUT2D eigenvalue weighted by atomic mass is 32.2. The molecule has 3 heterocycles. The first kappa shape index (κ1) is 17.5. The van der Waals surface area contributed by atoms with Crippen LogP contribution in [0.4, 0.5) is 5.69 Å². The molecule has 1 saturated heterocycles. The van der Waals surface area contributed by atoms with Gasteiger partial charge in [0.25, 0.3) is 0 Å². The minimum Gasteiger partial charge on any atom is -0.371 e. The van der Waals surface area contributed by atoms with E-state index in [1.807, 2.05) is 18.0 Å². The largest absolute Gasteiger partial charge is 0.371 e. The van der Waals surface area contributed by atoms with Crippen molar-refractivity contribution >= 4 is 28.4 Å². The van der Waals surface area contributed by atoms with Gasteiger partial charge in [0.2, 0.25) is 0 Å². The van der Waals surface area contributed by atoms with Crippen LogP contribution < -0.4 is 4.90 Å². The van der Waals surface area contributed by atoms with Gasteiger partial charge in [-0.05, 0) is 68.0 Å². The van der Waals surface area contributed by atoms with Gasteiger partial charge in [-0.1, -0.05) is 13.0 Å². The third-order valence-electron chi connectivity index (χ3n) is 5.27. The lowest BCUT2D eigenvalue weighted by Crippen LogP contribution is -2.30. The maximum absolute atomic E-state index is 4.67. The molecule has 1 aliphatic rings. The number of rotatable bonds is 5. The van der Waals surface area contributed by atoms with Gasteiger partial charge >= 0.3 is 0 Å². The molecule has 0 bridgehead atoms. The van der Waals surface area contributed by atoms with Crippen LogP contribution in [0.3, 0.4) is 0 Å². The summed E-state index contributed by atoms with van der Waals surface area (Å²) in [5.41, 5.74) is 6.43. The Morgan fingerprint density at radius 1 is 1.12 bits per heavy atom. The number of aromatic nitrogens is 2. The highest BCUT2D eigenvalue weighted by molar-refractivity contribution is 7.98. The zero-order chi connectivity index (χ0) is 17.9. The van der Waals surface area contributed by atoms with Gasteiger partial charge in [-0.25, -0.2) is 0 Å². The van der Waals surface area contributed by atoms with Crippen molar-refractivity contribution in [1.82, 2.24) is 9.97 Å². The van der Waals surface area contributed by atoms with Crippen molar-refractivity contribution in [3.63, 3.8) is 0 Å². The lowest BCUT2D eigenvalue weighted by Gasteiger charge is -2.30. The number of piperidine rings is 1. The first-order valence-electron chi connectivity index (χ1n) is 9.68. The average Bonchev–Trinajstić information content (AvgIpc) is 3.10. The van der Waals surface area contributed by atoms with Gasteiger partial charge in [0, 0.05) is 41.6 Å². The Morgan fingerprint density at radius 3 is 2.77 bits per heavy atom. The average molecular weight is 366 g/mol. The summed E-state index contributed by atoms with van der Waals surface area (Å²) < 4.78 is 0. The predicted octanol–water partition coefficient (Wildman–Crippen LogP) is 5.72. The lowest BCUT2D eigenvalue weighted by atomic mass is 10.1. The standard InChI is InChI=1S/C22H27N3S/c1-3-17-7-8-20-18(11-17)12-22(24-20)26-15-19-13-21(16(2)14-23-19)25-9-5-4-6-10-25/h7-8,11-14,24H,3-6,9-10,15H2,1-2H3. The maximum Gasteiger partial charge on any atom is 0.0736 e. The second-order valence-electron chi connectivity index (χ2n) is 7.21. The Balaban J connectivity index is 1.49. The number of aryl methyl sites for hydroxylation is 2. The van der Waals surface area contributed by atoms with Crippen molar-refractivity contribution in [2.75, 3.05) is 18.0 Å². The number of nitrogens with zero attached hydrogens (tertiary/aromatic N) is 2. The summed E-state index contributed by atoms with van der Waals surface area (Å²) in [5.74, 6) is 0.897. The topological polar surface area (TPSA) is 31.9 Å². The van der Waals surface area contributed by atoms with E-state index in [1.165, 1.54) is 65.1 Å². The fourth-order valence-corrected chi connectivity index (χ4v) is 4.57. The molecule has 0 aliphatic carbocycles. The predicted molar refractivity (Wildman–Crippen MR) is 112 cm³/mol. The molecule has 0 saturated carbocycles. The van der Waals surface area contributed by atoms with Gasteiger partial charge in [0.15, 0.2) is 0 Å². The van der Waals surface area contributed by atoms with E-state index >= 15 is 0 Å². The van der Waals surface area contributed by atoms with Crippen LogP contribution in [-0.4, -0.2) is 23.1 Å². The van der Waals surface area contributed by atoms with Gasteiger partial charge in [-0.15, -0.1) is 11.8 Å². The van der Waals surface area contributed by atoms with E-state index in [0.717, 1.165) is 17.9 Å². The van der Waals surface area contributed by atoms with Crippen LogP contribution in [0.25, 0.3) is 10.9 Å². The number of thioether (sulfide) groups is 1. The molecule has 0 unspecified atom stereocenters. The fraction of sp³-hybridized carbons (Fsp3) is 0.409. The van der Waals surface area contributed by atoms with E-state index in [-0.39, 0.29) is 0 Å². The second kappa shape index (κ2) is 7.75. The van der Waals surface area contributed by atoms with E-state index in [0.29, 0.717) is 0 Å². The van der Waals surface area contributed by atoms with Crippen molar-refractivity contribution in [2.45, 2.75) is 50.3 Å². The van der Waals surface area contributed by atoms with Crippen molar-refractivity contribution in [3.05, 3.63) is 53.3 Å². The molecule has 136 valence electrons. The van der Waals surface area contributed by atoms with Crippen LogP contribution in [0.15, 0.2) is 41.6 Å². The molecular weight excluding hydrogens is 338 g/mol. The van der Waals surface area contributed by atoms with Crippen molar-refractivity contribution in [1.29, 1.82) is 0 Å². The Bertz CT molecular complexity index is 894. The van der Waals surface area contributed by atoms with Gasteiger partial charge in [-0.3, -0.25) is 4.98 Å².